The van der Waals surface area contributed by atoms with Gasteiger partial charge in [0.1, 0.15) is 5.82 Å². The average Bonchev–Trinajstić information content (AvgIpc) is 2.70. The van der Waals surface area contributed by atoms with E-state index < -0.39 is 0 Å². The Kier molecular flexibility index (Phi) is 5.12. The van der Waals surface area contributed by atoms with Crippen LogP contribution in [0.2, 0.25) is 0 Å². The Morgan fingerprint density at radius 3 is 2.47 bits per heavy atom. The van der Waals surface area contributed by atoms with Gasteiger partial charge in [-0.15, -0.1) is 0 Å². The maximum Gasteiger partial charge on any atom is 0.191 e. The molecule has 1 aromatic heterocycles. The molecule has 2 N–H and O–H groups in total. The van der Waals surface area contributed by atoms with Crippen molar-refractivity contribution in [2.24, 2.45) is 10.7 Å². The molecule has 0 amide bonds. The van der Waals surface area contributed by atoms with E-state index in [9.17, 15) is 0 Å². The van der Waals surface area contributed by atoms with E-state index >= 15 is 0 Å². The number of hydrogen-bond donors (Lipinski definition) is 1. The van der Waals surface area contributed by atoms with Crippen LogP contribution >= 0.6 is 0 Å². The summed E-state index contributed by atoms with van der Waals surface area (Å²) in [5.41, 5.74) is 7.12. The molecule has 0 aliphatic carbocycles. The zero-order valence-corrected chi connectivity index (χ0v) is 11.7. The van der Waals surface area contributed by atoms with Crippen LogP contribution in [0.25, 0.3) is 0 Å². The van der Waals surface area contributed by atoms with Crippen LogP contribution < -0.4 is 5.73 Å². The predicted molar refractivity (Wildman–Crippen MR) is 77.0 cm³/mol. The van der Waals surface area contributed by atoms with Gasteiger partial charge in [0.2, 0.25) is 0 Å². The first kappa shape index (κ1) is 13.8. The zero-order valence-electron chi connectivity index (χ0n) is 11.7. The van der Waals surface area contributed by atoms with Crippen LogP contribution in [0.4, 0.5) is 0 Å². The highest BCUT2D eigenvalue weighted by Crippen LogP contribution is 2.09. The molecule has 1 fully saturated rings. The Bertz CT molecular complexity index is 404. The average molecular weight is 261 g/mol. The van der Waals surface area contributed by atoms with E-state index in [0.717, 1.165) is 30.9 Å². The number of hydrogen-bond acceptors (Lipinski definition) is 3. The van der Waals surface area contributed by atoms with Gasteiger partial charge >= 0.3 is 0 Å². The van der Waals surface area contributed by atoms with Gasteiger partial charge in [0.05, 0.1) is 0 Å². The predicted octanol–water partition coefficient (Wildman–Crippen LogP) is 1.52. The molecule has 5 heteroatoms. The molecule has 0 bridgehead atoms. The molecular formula is C14H23N5. The van der Waals surface area contributed by atoms with Crippen LogP contribution in [-0.2, 0) is 6.42 Å². The summed E-state index contributed by atoms with van der Waals surface area (Å²) in [6, 6.07) is 0. The summed E-state index contributed by atoms with van der Waals surface area (Å²) in [4.78, 5) is 15.2. The second-order valence-corrected chi connectivity index (χ2v) is 5.07. The van der Waals surface area contributed by atoms with E-state index in [1.54, 1.807) is 0 Å². The SMILES string of the molecule is Cc1cnc(CCN=C(N)N2CCCCCC2)nc1. The van der Waals surface area contributed by atoms with Gasteiger partial charge in [-0.25, -0.2) is 9.97 Å². The van der Waals surface area contributed by atoms with Gasteiger partial charge in [-0.2, -0.15) is 0 Å². The van der Waals surface area contributed by atoms with E-state index in [0.29, 0.717) is 12.5 Å². The second kappa shape index (κ2) is 7.07. The highest BCUT2D eigenvalue weighted by Gasteiger charge is 2.10. The van der Waals surface area contributed by atoms with Gasteiger partial charge in [-0.3, -0.25) is 4.99 Å². The van der Waals surface area contributed by atoms with Crippen molar-refractivity contribution in [1.82, 2.24) is 14.9 Å². The van der Waals surface area contributed by atoms with Crippen LogP contribution in [-0.4, -0.2) is 40.5 Å². The Hall–Kier alpha value is -1.65. The van der Waals surface area contributed by atoms with E-state index in [1.165, 1.54) is 25.7 Å². The summed E-state index contributed by atoms with van der Waals surface area (Å²) in [6.07, 6.45) is 9.47. The third-order valence-electron chi connectivity index (χ3n) is 3.37. The quantitative estimate of drug-likeness (QED) is 0.661. The van der Waals surface area contributed by atoms with Gasteiger partial charge < -0.3 is 10.6 Å². The second-order valence-electron chi connectivity index (χ2n) is 5.07. The molecule has 19 heavy (non-hydrogen) atoms. The fourth-order valence-electron chi connectivity index (χ4n) is 2.22. The molecule has 5 nitrogen and oxygen atoms in total. The summed E-state index contributed by atoms with van der Waals surface area (Å²) in [5, 5.41) is 0. The molecule has 1 aliphatic heterocycles. The van der Waals surface area contributed by atoms with Crippen LogP contribution in [0.3, 0.4) is 0 Å². The highest BCUT2D eigenvalue weighted by atomic mass is 15.2. The van der Waals surface area contributed by atoms with E-state index in [2.05, 4.69) is 19.9 Å². The third-order valence-corrected chi connectivity index (χ3v) is 3.37. The normalized spacial score (nSPS) is 17.3. The van der Waals surface area contributed by atoms with Crippen LogP contribution in [0.5, 0.6) is 0 Å². The highest BCUT2D eigenvalue weighted by molar-refractivity contribution is 5.78. The Labute approximate surface area is 115 Å². The zero-order chi connectivity index (χ0) is 13.5. The summed E-state index contributed by atoms with van der Waals surface area (Å²) < 4.78 is 0. The van der Waals surface area contributed by atoms with Crippen molar-refractivity contribution in [2.75, 3.05) is 19.6 Å². The van der Waals surface area contributed by atoms with E-state index in [4.69, 9.17) is 5.73 Å². The molecule has 0 aromatic carbocycles. The molecule has 104 valence electrons. The van der Waals surface area contributed by atoms with Gasteiger partial charge in [0.25, 0.3) is 0 Å². The maximum absolute atomic E-state index is 6.04. The van der Waals surface area contributed by atoms with Crippen LogP contribution in [0.15, 0.2) is 17.4 Å². The molecule has 1 aliphatic rings. The molecule has 0 unspecified atom stereocenters. The number of guanidine groups is 1. The molecule has 2 rings (SSSR count). The smallest absolute Gasteiger partial charge is 0.191 e. The van der Waals surface area contributed by atoms with Crippen molar-refractivity contribution in [1.29, 1.82) is 0 Å². The fraction of sp³-hybridized carbons (Fsp3) is 0.643. The summed E-state index contributed by atoms with van der Waals surface area (Å²) in [7, 11) is 0. The first-order valence-corrected chi connectivity index (χ1v) is 7.08. The lowest BCUT2D eigenvalue weighted by molar-refractivity contribution is 0.428. The standard InChI is InChI=1S/C14H23N5/c1-12-10-17-13(18-11-12)6-7-16-14(15)19-8-4-2-3-5-9-19/h10-11H,2-9H2,1H3,(H2,15,16). The van der Waals surface area contributed by atoms with Crippen LogP contribution in [0, 0.1) is 6.92 Å². The fourth-order valence-corrected chi connectivity index (χ4v) is 2.22. The topological polar surface area (TPSA) is 67.4 Å². The van der Waals surface area contributed by atoms with E-state index in [-0.39, 0.29) is 0 Å². The first-order chi connectivity index (χ1) is 9.25. The van der Waals surface area contributed by atoms with Crippen molar-refractivity contribution in [2.45, 2.75) is 39.0 Å². The summed E-state index contributed by atoms with van der Waals surface area (Å²) in [5.74, 6) is 1.51. The largest absolute Gasteiger partial charge is 0.370 e. The Morgan fingerprint density at radius 2 is 1.84 bits per heavy atom. The van der Waals surface area contributed by atoms with Crippen molar-refractivity contribution in [3.8, 4) is 0 Å². The third kappa shape index (κ3) is 4.50. The minimum Gasteiger partial charge on any atom is -0.370 e. The lowest BCUT2D eigenvalue weighted by atomic mass is 10.2. The number of rotatable bonds is 3. The molecule has 0 spiro atoms. The lowest BCUT2D eigenvalue weighted by Gasteiger charge is -2.20. The molecule has 0 atom stereocenters. The first-order valence-electron chi connectivity index (χ1n) is 7.08. The Balaban J connectivity index is 1.82. The van der Waals surface area contributed by atoms with Gasteiger partial charge in [0, 0.05) is 38.4 Å². The number of aromatic nitrogens is 2. The van der Waals surface area contributed by atoms with Crippen molar-refractivity contribution in [3.63, 3.8) is 0 Å². The molecule has 1 aromatic rings. The Morgan fingerprint density at radius 1 is 1.21 bits per heavy atom. The molecular weight excluding hydrogens is 238 g/mol. The number of nitrogens with zero attached hydrogens (tertiary/aromatic N) is 4. The van der Waals surface area contributed by atoms with Crippen molar-refractivity contribution in [3.05, 3.63) is 23.8 Å². The van der Waals surface area contributed by atoms with Crippen LogP contribution in [0.1, 0.15) is 37.1 Å². The molecule has 1 saturated heterocycles. The maximum atomic E-state index is 6.04. The lowest BCUT2D eigenvalue weighted by Crippen LogP contribution is -2.38. The van der Waals surface area contributed by atoms with Crippen molar-refractivity contribution < 1.29 is 0 Å². The summed E-state index contributed by atoms with van der Waals surface area (Å²) >= 11 is 0. The minimum absolute atomic E-state index is 0.658. The van der Waals surface area contributed by atoms with Gasteiger partial charge in [-0.05, 0) is 25.3 Å². The molecule has 2 heterocycles. The van der Waals surface area contributed by atoms with Gasteiger partial charge in [-0.1, -0.05) is 12.8 Å². The number of nitrogens with two attached hydrogens (primary N) is 1. The number of aryl methyl sites for hydroxylation is 1. The summed E-state index contributed by atoms with van der Waals surface area (Å²) in [6.45, 7) is 4.72. The van der Waals surface area contributed by atoms with Gasteiger partial charge in [0.15, 0.2) is 5.96 Å². The van der Waals surface area contributed by atoms with E-state index in [1.807, 2.05) is 19.3 Å². The molecule has 0 saturated carbocycles. The number of likely N-dealkylation sites (tertiary alicyclic amines) is 1. The van der Waals surface area contributed by atoms with Crippen molar-refractivity contribution >= 4 is 5.96 Å². The molecule has 0 radical (unpaired) electrons. The number of aliphatic imine (C=N–C) groups is 1. The monoisotopic (exact) mass is 261 g/mol. The minimum atomic E-state index is 0.658.